The summed E-state index contributed by atoms with van der Waals surface area (Å²) in [4.78, 5) is 19.9. The van der Waals surface area contributed by atoms with Gasteiger partial charge in [0, 0.05) is 49.4 Å². The zero-order chi connectivity index (χ0) is 22.0. The summed E-state index contributed by atoms with van der Waals surface area (Å²) >= 11 is 0. The third-order valence-electron chi connectivity index (χ3n) is 6.95. The Balaban J connectivity index is 1.58. The maximum Gasteiger partial charge on any atom is 0.254 e. The molecule has 0 unspecified atom stereocenters. The molecule has 0 saturated heterocycles. The lowest BCUT2D eigenvalue weighted by Crippen LogP contribution is -2.36. The fourth-order valence-corrected chi connectivity index (χ4v) is 4.97. The maximum atomic E-state index is 13.3. The minimum absolute atomic E-state index is 0.215. The first kappa shape index (κ1) is 21.3. The second-order valence-corrected chi connectivity index (χ2v) is 8.80. The smallest absolute Gasteiger partial charge is 0.254 e. The molecule has 1 aliphatic heterocycles. The van der Waals surface area contributed by atoms with Crippen LogP contribution in [0.15, 0.2) is 30.6 Å². The number of allylic oxidation sites excluding steroid dienone is 1. The predicted molar refractivity (Wildman–Crippen MR) is 126 cm³/mol. The van der Waals surface area contributed by atoms with Gasteiger partial charge >= 0.3 is 0 Å². The van der Waals surface area contributed by atoms with Crippen LogP contribution in [0.2, 0.25) is 0 Å². The highest BCUT2D eigenvalue weighted by Gasteiger charge is 2.35. The Hall–Kier alpha value is -2.95. The highest BCUT2D eigenvalue weighted by Crippen LogP contribution is 2.35. The summed E-state index contributed by atoms with van der Waals surface area (Å²) in [6, 6.07) is 6.55. The first-order valence-electron chi connectivity index (χ1n) is 11.3. The minimum atomic E-state index is 0.215. The van der Waals surface area contributed by atoms with E-state index < -0.39 is 0 Å². The van der Waals surface area contributed by atoms with E-state index in [4.69, 9.17) is 5.41 Å². The van der Waals surface area contributed by atoms with Gasteiger partial charge in [-0.3, -0.25) is 9.78 Å². The largest absolute Gasteiger partial charge is 0.393 e. The fourth-order valence-electron chi connectivity index (χ4n) is 4.97. The number of pyridine rings is 1. The van der Waals surface area contributed by atoms with Crippen LogP contribution in [0.3, 0.4) is 0 Å². The fraction of sp³-hybridized carbons (Fsp3) is 0.423. The number of amides is 1. The molecule has 1 aliphatic carbocycles. The Kier molecular flexibility index (Phi) is 6.21. The SMILES string of the molecule is CN/C=C(\C=N)c1ccc(Cc2cc3c(c(C)c2C)CN(C2CCCCC2)C3=O)cn1. The first-order valence-corrected chi connectivity index (χ1v) is 11.3. The molecular formula is C26H32N4O. The van der Waals surface area contributed by atoms with Crippen molar-refractivity contribution in [3.63, 3.8) is 0 Å². The molecule has 0 radical (unpaired) electrons. The second kappa shape index (κ2) is 9.04. The van der Waals surface area contributed by atoms with Crippen molar-refractivity contribution in [2.45, 2.75) is 65.0 Å². The van der Waals surface area contributed by atoms with Crippen molar-refractivity contribution in [2.24, 2.45) is 0 Å². The molecule has 2 aromatic rings. The van der Waals surface area contributed by atoms with E-state index in [0.717, 1.165) is 48.2 Å². The summed E-state index contributed by atoms with van der Waals surface area (Å²) in [5, 5.41) is 10.5. The van der Waals surface area contributed by atoms with Gasteiger partial charge in [-0.2, -0.15) is 0 Å². The Labute approximate surface area is 185 Å². The van der Waals surface area contributed by atoms with E-state index in [0.29, 0.717) is 6.04 Å². The van der Waals surface area contributed by atoms with Crippen LogP contribution >= 0.6 is 0 Å². The van der Waals surface area contributed by atoms with Gasteiger partial charge in [0.25, 0.3) is 5.91 Å². The monoisotopic (exact) mass is 416 g/mol. The number of hydrogen-bond acceptors (Lipinski definition) is 4. The number of benzene rings is 1. The summed E-state index contributed by atoms with van der Waals surface area (Å²) in [7, 11) is 1.81. The van der Waals surface area contributed by atoms with Crippen LogP contribution in [-0.2, 0) is 13.0 Å². The topological polar surface area (TPSA) is 69.1 Å². The van der Waals surface area contributed by atoms with Crippen molar-refractivity contribution in [1.29, 1.82) is 5.41 Å². The second-order valence-electron chi connectivity index (χ2n) is 8.80. The third kappa shape index (κ3) is 4.14. The number of fused-ring (bicyclic) bond motifs is 1. The normalized spacial score (nSPS) is 17.1. The molecule has 1 saturated carbocycles. The lowest BCUT2D eigenvalue weighted by molar-refractivity contribution is 0.0660. The van der Waals surface area contributed by atoms with E-state index in [1.165, 1.54) is 47.7 Å². The van der Waals surface area contributed by atoms with Gasteiger partial charge in [0.15, 0.2) is 0 Å². The van der Waals surface area contributed by atoms with Gasteiger partial charge in [0.2, 0.25) is 0 Å². The predicted octanol–water partition coefficient (Wildman–Crippen LogP) is 4.79. The number of nitrogens with one attached hydrogen (secondary N) is 2. The van der Waals surface area contributed by atoms with Gasteiger partial charge in [-0.05, 0) is 73.1 Å². The Morgan fingerprint density at radius 3 is 2.65 bits per heavy atom. The van der Waals surface area contributed by atoms with E-state index in [1.54, 1.807) is 6.20 Å². The molecule has 1 aromatic carbocycles. The van der Waals surface area contributed by atoms with Crippen LogP contribution in [0.4, 0.5) is 0 Å². The summed E-state index contributed by atoms with van der Waals surface area (Å²) in [5.74, 6) is 0.215. The molecular weight excluding hydrogens is 384 g/mol. The number of carbonyl (C=O) groups is 1. The van der Waals surface area contributed by atoms with Crippen LogP contribution in [0.1, 0.15) is 76.0 Å². The van der Waals surface area contributed by atoms with Crippen molar-refractivity contribution >= 4 is 17.7 Å². The number of hydrogen-bond donors (Lipinski definition) is 2. The summed E-state index contributed by atoms with van der Waals surface area (Å²) in [6.07, 6.45) is 11.8. The molecule has 2 heterocycles. The Morgan fingerprint density at radius 2 is 2.00 bits per heavy atom. The molecule has 0 spiro atoms. The van der Waals surface area contributed by atoms with Crippen molar-refractivity contribution in [3.8, 4) is 0 Å². The van der Waals surface area contributed by atoms with Crippen LogP contribution in [0.25, 0.3) is 5.57 Å². The molecule has 1 fully saturated rings. The van der Waals surface area contributed by atoms with Gasteiger partial charge in [-0.25, -0.2) is 0 Å². The minimum Gasteiger partial charge on any atom is -0.393 e. The summed E-state index contributed by atoms with van der Waals surface area (Å²) in [5.41, 5.74) is 8.47. The van der Waals surface area contributed by atoms with E-state index in [-0.39, 0.29) is 5.91 Å². The standard InChI is InChI=1S/C26H32N4O/c1-17-18(2)24-16-30(22-7-5-4-6-8-22)26(31)23(24)12-20(17)11-19-9-10-25(29-14-19)21(13-27)15-28-3/h9-10,12-15,22,27-28H,4-8,11,16H2,1-3H3/b21-15+,27-13?. The van der Waals surface area contributed by atoms with Gasteiger partial charge in [-0.1, -0.05) is 25.3 Å². The Morgan fingerprint density at radius 1 is 1.23 bits per heavy atom. The van der Waals surface area contributed by atoms with Crippen LogP contribution in [0, 0.1) is 19.3 Å². The number of carbonyl (C=O) groups excluding carboxylic acids is 1. The van der Waals surface area contributed by atoms with Gasteiger partial charge in [-0.15, -0.1) is 0 Å². The van der Waals surface area contributed by atoms with Crippen molar-refractivity contribution in [3.05, 3.63) is 69.7 Å². The van der Waals surface area contributed by atoms with Gasteiger partial charge < -0.3 is 15.6 Å². The average Bonchev–Trinajstić information content (AvgIpc) is 3.13. The van der Waals surface area contributed by atoms with Crippen molar-refractivity contribution in [1.82, 2.24) is 15.2 Å². The molecule has 4 rings (SSSR count). The van der Waals surface area contributed by atoms with Gasteiger partial charge in [0.1, 0.15) is 0 Å². The Bertz CT molecular complexity index is 1020. The van der Waals surface area contributed by atoms with Crippen LogP contribution in [0.5, 0.6) is 0 Å². The molecule has 31 heavy (non-hydrogen) atoms. The van der Waals surface area contributed by atoms with E-state index in [2.05, 4.69) is 41.2 Å². The zero-order valence-electron chi connectivity index (χ0n) is 18.8. The van der Waals surface area contributed by atoms with E-state index in [9.17, 15) is 4.79 Å². The molecule has 5 nitrogen and oxygen atoms in total. The quantitative estimate of drug-likeness (QED) is 0.666. The number of aromatic nitrogens is 1. The zero-order valence-corrected chi connectivity index (χ0v) is 18.8. The molecule has 0 atom stereocenters. The number of nitrogens with zero attached hydrogens (tertiary/aromatic N) is 2. The van der Waals surface area contributed by atoms with Gasteiger partial charge in [0.05, 0.1) is 5.69 Å². The molecule has 162 valence electrons. The van der Waals surface area contributed by atoms with E-state index >= 15 is 0 Å². The maximum absolute atomic E-state index is 13.3. The molecule has 1 aromatic heterocycles. The molecule has 2 N–H and O–H groups in total. The third-order valence-corrected chi connectivity index (χ3v) is 6.95. The summed E-state index contributed by atoms with van der Waals surface area (Å²) in [6.45, 7) is 5.10. The molecule has 0 bridgehead atoms. The highest BCUT2D eigenvalue weighted by molar-refractivity contribution is 6.07. The lowest BCUT2D eigenvalue weighted by atomic mass is 9.91. The first-order chi connectivity index (χ1) is 15.0. The van der Waals surface area contributed by atoms with Crippen molar-refractivity contribution in [2.75, 3.05) is 7.05 Å². The van der Waals surface area contributed by atoms with Crippen molar-refractivity contribution < 1.29 is 4.79 Å². The summed E-state index contributed by atoms with van der Waals surface area (Å²) < 4.78 is 0. The lowest BCUT2D eigenvalue weighted by Gasteiger charge is -2.30. The molecule has 1 amide bonds. The van der Waals surface area contributed by atoms with Crippen LogP contribution in [-0.4, -0.2) is 35.1 Å². The van der Waals surface area contributed by atoms with Crippen LogP contribution < -0.4 is 5.32 Å². The highest BCUT2D eigenvalue weighted by atomic mass is 16.2. The number of rotatable bonds is 6. The average molecular weight is 417 g/mol. The van der Waals surface area contributed by atoms with E-state index in [1.807, 2.05) is 19.3 Å². The molecule has 2 aliphatic rings. The molecule has 5 heteroatoms.